The molecule has 178 valence electrons. The van der Waals surface area contributed by atoms with Gasteiger partial charge in [0.25, 0.3) is 5.91 Å². The van der Waals surface area contributed by atoms with Crippen LogP contribution in [-0.4, -0.2) is 52.0 Å². The molecule has 1 saturated heterocycles. The van der Waals surface area contributed by atoms with Crippen LogP contribution in [0.25, 0.3) is 0 Å². The summed E-state index contributed by atoms with van der Waals surface area (Å²) in [5.41, 5.74) is 2.70. The minimum Gasteiger partial charge on any atom is -0.497 e. The Hall–Kier alpha value is -3.20. The Morgan fingerprint density at radius 3 is 2.32 bits per heavy atom. The third-order valence-corrected chi connectivity index (χ3v) is 7.75. The van der Waals surface area contributed by atoms with Crippen LogP contribution in [0.2, 0.25) is 0 Å². The second kappa shape index (κ2) is 10.4. The molecule has 1 aliphatic heterocycles. The van der Waals surface area contributed by atoms with E-state index in [9.17, 15) is 13.2 Å². The van der Waals surface area contributed by atoms with Crippen LogP contribution < -0.4 is 9.64 Å². The first-order valence-electron chi connectivity index (χ1n) is 11.1. The average Bonchev–Trinajstić information content (AvgIpc) is 2.88. The minimum atomic E-state index is -3.73. The number of morpholine rings is 1. The lowest BCUT2D eigenvalue weighted by Crippen LogP contribution is -2.40. The topological polar surface area (TPSA) is 76.2 Å². The maximum atomic E-state index is 13.8. The Morgan fingerprint density at radius 1 is 1.00 bits per heavy atom. The van der Waals surface area contributed by atoms with Gasteiger partial charge in [0.1, 0.15) is 5.75 Å². The van der Waals surface area contributed by atoms with E-state index in [2.05, 4.69) is 0 Å². The molecule has 3 aromatic carbocycles. The highest BCUT2D eigenvalue weighted by molar-refractivity contribution is 7.89. The predicted octanol–water partition coefficient (Wildman–Crippen LogP) is 3.87. The van der Waals surface area contributed by atoms with Crippen LogP contribution in [-0.2, 0) is 21.3 Å². The third kappa shape index (κ3) is 5.14. The number of sulfonamides is 1. The molecule has 0 radical (unpaired) electrons. The molecule has 1 amide bonds. The second-order valence-corrected chi connectivity index (χ2v) is 10.0. The fourth-order valence-corrected chi connectivity index (χ4v) is 5.32. The van der Waals surface area contributed by atoms with Crippen LogP contribution in [0.15, 0.2) is 77.7 Å². The van der Waals surface area contributed by atoms with E-state index in [-0.39, 0.29) is 10.8 Å². The molecule has 0 spiro atoms. The number of rotatable bonds is 7. The monoisotopic (exact) mass is 480 g/mol. The van der Waals surface area contributed by atoms with Crippen molar-refractivity contribution in [3.63, 3.8) is 0 Å². The van der Waals surface area contributed by atoms with Crippen molar-refractivity contribution in [3.05, 3.63) is 89.5 Å². The molecular weight excluding hydrogens is 452 g/mol. The Kier molecular flexibility index (Phi) is 7.31. The van der Waals surface area contributed by atoms with Crippen LogP contribution in [0.4, 0.5) is 5.69 Å². The van der Waals surface area contributed by atoms with E-state index in [0.717, 1.165) is 5.56 Å². The first-order valence-corrected chi connectivity index (χ1v) is 12.5. The van der Waals surface area contributed by atoms with Crippen LogP contribution in [0, 0.1) is 6.92 Å². The van der Waals surface area contributed by atoms with Gasteiger partial charge in [0.05, 0.1) is 31.8 Å². The van der Waals surface area contributed by atoms with Crippen molar-refractivity contribution in [1.82, 2.24) is 4.31 Å². The van der Waals surface area contributed by atoms with Crippen molar-refractivity contribution >= 4 is 21.6 Å². The van der Waals surface area contributed by atoms with Gasteiger partial charge in [-0.25, -0.2) is 8.42 Å². The largest absolute Gasteiger partial charge is 0.497 e. The molecule has 1 fully saturated rings. The van der Waals surface area contributed by atoms with Gasteiger partial charge in [-0.1, -0.05) is 36.4 Å². The normalized spacial score (nSPS) is 14.5. The van der Waals surface area contributed by atoms with Gasteiger partial charge in [-0.05, 0) is 54.4 Å². The van der Waals surface area contributed by atoms with Gasteiger partial charge < -0.3 is 14.4 Å². The Labute approximate surface area is 200 Å². The number of aryl methyl sites for hydroxylation is 1. The highest BCUT2D eigenvalue weighted by atomic mass is 32.2. The van der Waals surface area contributed by atoms with Crippen LogP contribution in [0.5, 0.6) is 5.75 Å². The van der Waals surface area contributed by atoms with E-state index in [1.807, 2.05) is 49.4 Å². The molecule has 7 nitrogen and oxygen atoms in total. The number of benzene rings is 3. The highest BCUT2D eigenvalue weighted by Gasteiger charge is 2.28. The first-order chi connectivity index (χ1) is 16.4. The van der Waals surface area contributed by atoms with Gasteiger partial charge in [-0.3, -0.25) is 4.79 Å². The van der Waals surface area contributed by atoms with Gasteiger partial charge in [0, 0.05) is 24.3 Å². The summed E-state index contributed by atoms with van der Waals surface area (Å²) < 4.78 is 38.4. The molecule has 0 saturated carbocycles. The number of hydrogen-bond acceptors (Lipinski definition) is 5. The summed E-state index contributed by atoms with van der Waals surface area (Å²) in [5.74, 6) is 0.413. The van der Waals surface area contributed by atoms with Gasteiger partial charge in [0.2, 0.25) is 10.0 Å². The molecule has 34 heavy (non-hydrogen) atoms. The molecule has 1 aliphatic rings. The minimum absolute atomic E-state index is 0.109. The van der Waals surface area contributed by atoms with Crippen molar-refractivity contribution in [2.45, 2.75) is 18.4 Å². The van der Waals surface area contributed by atoms with Crippen molar-refractivity contribution in [3.8, 4) is 5.75 Å². The molecule has 0 bridgehead atoms. The van der Waals surface area contributed by atoms with Crippen molar-refractivity contribution in [2.24, 2.45) is 0 Å². The number of carbonyl (C=O) groups is 1. The fourth-order valence-electron chi connectivity index (χ4n) is 3.88. The summed E-state index contributed by atoms with van der Waals surface area (Å²) in [6.45, 7) is 3.47. The molecule has 0 aliphatic carbocycles. The summed E-state index contributed by atoms with van der Waals surface area (Å²) in [6, 6.07) is 21.7. The summed E-state index contributed by atoms with van der Waals surface area (Å²) in [5, 5.41) is 0. The van der Waals surface area contributed by atoms with E-state index in [0.29, 0.717) is 55.4 Å². The van der Waals surface area contributed by atoms with Crippen LogP contribution in [0.1, 0.15) is 21.5 Å². The molecule has 4 rings (SSSR count). The molecule has 0 unspecified atom stereocenters. The maximum Gasteiger partial charge on any atom is 0.258 e. The third-order valence-electron chi connectivity index (χ3n) is 5.86. The smallest absolute Gasteiger partial charge is 0.258 e. The zero-order chi connectivity index (χ0) is 24.1. The fraction of sp³-hybridized carbons (Fsp3) is 0.269. The SMILES string of the molecule is COc1ccc(N(Cc2ccccc2)C(=O)c2cc(S(=O)(=O)N3CCOCC3)ccc2C)cc1. The lowest BCUT2D eigenvalue weighted by molar-refractivity contribution is 0.0730. The Bertz CT molecular complexity index is 1240. The number of methoxy groups -OCH3 is 1. The molecule has 0 atom stereocenters. The summed E-state index contributed by atoms with van der Waals surface area (Å²) in [6.07, 6.45) is 0. The Balaban J connectivity index is 1.72. The van der Waals surface area contributed by atoms with E-state index < -0.39 is 10.0 Å². The molecule has 3 aromatic rings. The van der Waals surface area contributed by atoms with Gasteiger partial charge in [-0.15, -0.1) is 0 Å². The van der Waals surface area contributed by atoms with Crippen LogP contribution >= 0.6 is 0 Å². The zero-order valence-corrected chi connectivity index (χ0v) is 20.1. The van der Waals surface area contributed by atoms with Crippen molar-refractivity contribution in [1.29, 1.82) is 0 Å². The first kappa shape index (κ1) is 23.9. The number of anilines is 1. The standard InChI is InChI=1S/C26H28N2O5S/c1-20-8-13-24(34(30,31)27-14-16-33-17-15-27)18-25(20)26(29)28(19-21-6-4-3-5-7-21)22-9-11-23(32-2)12-10-22/h3-13,18H,14-17,19H2,1-2H3. The molecule has 0 N–H and O–H groups in total. The maximum absolute atomic E-state index is 13.8. The zero-order valence-electron chi connectivity index (χ0n) is 19.3. The van der Waals surface area contributed by atoms with E-state index in [4.69, 9.17) is 9.47 Å². The lowest BCUT2D eigenvalue weighted by atomic mass is 10.1. The summed E-state index contributed by atoms with van der Waals surface area (Å²) in [7, 11) is -2.14. The van der Waals surface area contributed by atoms with Crippen molar-refractivity contribution in [2.75, 3.05) is 38.3 Å². The van der Waals surface area contributed by atoms with Gasteiger partial charge in [0.15, 0.2) is 0 Å². The summed E-state index contributed by atoms with van der Waals surface area (Å²) >= 11 is 0. The molecule has 0 aromatic heterocycles. The quantitative estimate of drug-likeness (QED) is 0.513. The number of ether oxygens (including phenoxy) is 2. The van der Waals surface area contributed by atoms with Gasteiger partial charge >= 0.3 is 0 Å². The second-order valence-electron chi connectivity index (χ2n) is 8.07. The van der Waals surface area contributed by atoms with E-state index >= 15 is 0 Å². The highest BCUT2D eigenvalue weighted by Crippen LogP contribution is 2.26. The number of hydrogen-bond donors (Lipinski definition) is 0. The van der Waals surface area contributed by atoms with Crippen LogP contribution in [0.3, 0.4) is 0 Å². The number of carbonyl (C=O) groups excluding carboxylic acids is 1. The number of nitrogens with zero attached hydrogens (tertiary/aromatic N) is 2. The predicted molar refractivity (Wildman–Crippen MR) is 131 cm³/mol. The van der Waals surface area contributed by atoms with E-state index in [1.165, 1.54) is 10.4 Å². The van der Waals surface area contributed by atoms with Gasteiger partial charge in [-0.2, -0.15) is 4.31 Å². The average molecular weight is 481 g/mol. The molecule has 1 heterocycles. The summed E-state index contributed by atoms with van der Waals surface area (Å²) in [4.78, 5) is 15.6. The number of amides is 1. The molecule has 8 heteroatoms. The van der Waals surface area contributed by atoms with E-state index in [1.54, 1.807) is 36.3 Å². The molecular formula is C26H28N2O5S. The Morgan fingerprint density at radius 2 is 1.68 bits per heavy atom. The lowest BCUT2D eigenvalue weighted by Gasteiger charge is -2.27. The van der Waals surface area contributed by atoms with Crippen molar-refractivity contribution < 1.29 is 22.7 Å².